The lowest BCUT2D eigenvalue weighted by molar-refractivity contribution is 0.0193. The molecule has 4 aromatic carbocycles. The number of morpholine rings is 1. The van der Waals surface area contributed by atoms with E-state index in [0.29, 0.717) is 79.0 Å². The van der Waals surface area contributed by atoms with Crippen molar-refractivity contribution in [2.75, 3.05) is 51.1 Å². The molecule has 0 unspecified atom stereocenters. The van der Waals surface area contributed by atoms with Gasteiger partial charge in [0.2, 0.25) is 6.79 Å². The number of rotatable bonds is 7. The molecule has 2 aromatic heterocycles. The number of benzene rings is 4. The minimum Gasteiger partial charge on any atom is -0.508 e. The first-order chi connectivity index (χ1) is 27.9. The maximum absolute atomic E-state index is 15.2. The van der Waals surface area contributed by atoms with Crippen molar-refractivity contribution in [1.29, 1.82) is 0 Å². The van der Waals surface area contributed by atoms with Gasteiger partial charge in [-0.1, -0.05) is 24.3 Å². The standard InChI is InChI=1S/C45H44N6O6/c1-47-14-12-30-21-33(8-11-39(30)47)51(32-6-9-35(52)10-7-32)45(54)38-22-40(49-15-13-46-25-41(38)49)36-23-42-43(57-28-56-42)24-37(36)44(53)50-26-31-5-3-2-4-29(31)20-34(50)27-48-16-18-55-19-17-48/h2-12,14,21-24,34,46,52H,13,15-20,25-28H2,1H3/t34-/m0/s1. The summed E-state index contributed by atoms with van der Waals surface area (Å²) in [6, 6.07) is 28.7. The van der Waals surface area contributed by atoms with Crippen LogP contribution in [0.25, 0.3) is 22.2 Å². The second kappa shape index (κ2) is 14.5. The van der Waals surface area contributed by atoms with Crippen molar-refractivity contribution in [2.24, 2.45) is 7.05 Å². The van der Waals surface area contributed by atoms with Crippen LogP contribution in [0.2, 0.25) is 0 Å². The smallest absolute Gasteiger partial charge is 0.264 e. The summed E-state index contributed by atoms with van der Waals surface area (Å²) >= 11 is 0. The van der Waals surface area contributed by atoms with Gasteiger partial charge in [-0.2, -0.15) is 0 Å². The molecule has 4 aliphatic heterocycles. The van der Waals surface area contributed by atoms with E-state index in [4.69, 9.17) is 14.2 Å². The number of aromatic hydroxyl groups is 1. The lowest BCUT2D eigenvalue weighted by atomic mass is 9.92. The number of carbonyl (C=O) groups is 2. The number of phenolic OH excluding ortho intramolecular Hbond substituents is 1. The Balaban J connectivity index is 1.09. The molecular weight excluding hydrogens is 721 g/mol. The van der Waals surface area contributed by atoms with Crippen LogP contribution < -0.4 is 19.7 Å². The van der Waals surface area contributed by atoms with E-state index < -0.39 is 0 Å². The minimum absolute atomic E-state index is 0.0489. The maximum atomic E-state index is 15.2. The first-order valence-corrected chi connectivity index (χ1v) is 19.6. The molecule has 10 rings (SSSR count). The van der Waals surface area contributed by atoms with Crippen LogP contribution in [0.4, 0.5) is 11.4 Å². The van der Waals surface area contributed by atoms with Crippen LogP contribution in [0.5, 0.6) is 17.2 Å². The summed E-state index contributed by atoms with van der Waals surface area (Å²) in [7, 11) is 2.00. The number of hydrogen-bond donors (Lipinski definition) is 2. The Morgan fingerprint density at radius 1 is 0.860 bits per heavy atom. The molecule has 6 aromatic rings. The molecule has 6 heterocycles. The molecule has 290 valence electrons. The van der Waals surface area contributed by atoms with Crippen LogP contribution in [-0.4, -0.2) is 88.1 Å². The molecule has 4 aliphatic rings. The summed E-state index contributed by atoms with van der Waals surface area (Å²) in [6.45, 7) is 6.11. The SMILES string of the molecule is Cn1ccc2cc(N(C(=O)c3cc(-c4cc5c(cc4C(=O)N4Cc6ccccc6C[C@H]4CN4CCOCC4)OCO5)n4c3CNCC4)c3ccc(O)cc3)ccc21. The van der Waals surface area contributed by atoms with Gasteiger partial charge in [-0.05, 0) is 84.3 Å². The average Bonchev–Trinajstić information content (AvgIpc) is 3.97. The van der Waals surface area contributed by atoms with Crippen molar-refractivity contribution in [3.8, 4) is 28.5 Å². The lowest BCUT2D eigenvalue weighted by Crippen LogP contribution is -2.52. The van der Waals surface area contributed by atoms with Crippen molar-refractivity contribution in [3.63, 3.8) is 0 Å². The number of amides is 2. The Kier molecular flexibility index (Phi) is 8.96. The van der Waals surface area contributed by atoms with Crippen LogP contribution in [0.3, 0.4) is 0 Å². The molecule has 0 aliphatic carbocycles. The maximum Gasteiger partial charge on any atom is 0.264 e. The molecule has 57 heavy (non-hydrogen) atoms. The van der Waals surface area contributed by atoms with Crippen LogP contribution in [0.1, 0.15) is 37.5 Å². The van der Waals surface area contributed by atoms with Crippen molar-refractivity contribution in [2.45, 2.75) is 32.1 Å². The normalized spacial score (nSPS) is 17.7. The molecule has 2 amide bonds. The average molecular weight is 765 g/mol. The molecular formula is C45H44N6O6. The zero-order valence-corrected chi connectivity index (χ0v) is 31.8. The summed E-state index contributed by atoms with van der Waals surface area (Å²) in [5, 5.41) is 14.7. The van der Waals surface area contributed by atoms with E-state index in [9.17, 15) is 5.11 Å². The highest BCUT2D eigenvalue weighted by molar-refractivity contribution is 6.13. The molecule has 1 saturated heterocycles. The number of aromatic nitrogens is 2. The summed E-state index contributed by atoms with van der Waals surface area (Å²) in [5.41, 5.74) is 8.10. The van der Waals surface area contributed by atoms with E-state index in [0.717, 1.165) is 53.9 Å². The molecule has 2 N–H and O–H groups in total. The topological polar surface area (TPSA) is 114 Å². The Morgan fingerprint density at radius 2 is 1.63 bits per heavy atom. The number of aryl methyl sites for hydroxylation is 1. The highest BCUT2D eigenvalue weighted by atomic mass is 16.7. The van der Waals surface area contributed by atoms with Gasteiger partial charge < -0.3 is 38.7 Å². The minimum atomic E-state index is -0.221. The van der Waals surface area contributed by atoms with E-state index in [1.165, 1.54) is 5.56 Å². The van der Waals surface area contributed by atoms with E-state index in [2.05, 4.69) is 33.0 Å². The number of nitrogens with zero attached hydrogens (tertiary/aromatic N) is 5. The predicted molar refractivity (Wildman–Crippen MR) is 216 cm³/mol. The van der Waals surface area contributed by atoms with Crippen molar-refractivity contribution < 1.29 is 28.9 Å². The van der Waals surface area contributed by atoms with Gasteiger partial charge in [0.15, 0.2) is 11.5 Å². The highest BCUT2D eigenvalue weighted by Crippen LogP contribution is 2.42. The van der Waals surface area contributed by atoms with Gasteiger partial charge in [0.05, 0.1) is 30.0 Å². The molecule has 0 spiro atoms. The number of ether oxygens (including phenoxy) is 3. The van der Waals surface area contributed by atoms with Crippen LogP contribution in [-0.2, 0) is 37.8 Å². The van der Waals surface area contributed by atoms with Gasteiger partial charge in [-0.25, -0.2) is 0 Å². The van der Waals surface area contributed by atoms with Gasteiger partial charge in [-0.3, -0.25) is 19.4 Å². The fraction of sp³-hybridized carbons (Fsp3) is 0.289. The van der Waals surface area contributed by atoms with Gasteiger partial charge in [0.1, 0.15) is 5.75 Å². The third kappa shape index (κ3) is 6.39. The predicted octanol–water partition coefficient (Wildman–Crippen LogP) is 6.06. The Morgan fingerprint density at radius 3 is 2.46 bits per heavy atom. The second-order valence-corrected chi connectivity index (χ2v) is 15.3. The van der Waals surface area contributed by atoms with Crippen LogP contribution >= 0.6 is 0 Å². The molecule has 1 atom stereocenters. The first-order valence-electron chi connectivity index (χ1n) is 19.6. The fourth-order valence-corrected chi connectivity index (χ4v) is 8.91. The Hall–Kier alpha value is -6.08. The van der Waals surface area contributed by atoms with Crippen molar-refractivity contribution >= 4 is 34.1 Å². The third-order valence-electron chi connectivity index (χ3n) is 11.9. The lowest BCUT2D eigenvalue weighted by Gasteiger charge is -2.40. The number of phenols is 1. The summed E-state index contributed by atoms with van der Waals surface area (Å²) < 4.78 is 21.7. The molecule has 0 bridgehead atoms. The van der Waals surface area contributed by atoms with E-state index in [1.807, 2.05) is 71.2 Å². The molecule has 0 saturated carbocycles. The summed E-state index contributed by atoms with van der Waals surface area (Å²) in [4.78, 5) is 36.5. The van der Waals surface area contributed by atoms with E-state index >= 15 is 9.59 Å². The number of hydrogen-bond acceptors (Lipinski definition) is 8. The molecule has 12 nitrogen and oxygen atoms in total. The van der Waals surface area contributed by atoms with E-state index in [-0.39, 0.29) is 30.4 Å². The number of anilines is 2. The van der Waals surface area contributed by atoms with Gasteiger partial charge in [-0.15, -0.1) is 0 Å². The number of carbonyl (C=O) groups excluding carboxylic acids is 2. The Bertz CT molecular complexity index is 2520. The van der Waals surface area contributed by atoms with Crippen LogP contribution in [0.15, 0.2) is 97.2 Å². The van der Waals surface area contributed by atoms with Gasteiger partial charge >= 0.3 is 0 Å². The molecule has 12 heteroatoms. The van der Waals surface area contributed by atoms with Gasteiger partial charge in [0.25, 0.3) is 11.8 Å². The molecule has 1 fully saturated rings. The summed E-state index contributed by atoms with van der Waals surface area (Å²) in [5.74, 6) is 0.899. The fourth-order valence-electron chi connectivity index (χ4n) is 8.91. The monoisotopic (exact) mass is 764 g/mol. The summed E-state index contributed by atoms with van der Waals surface area (Å²) in [6.07, 6.45) is 2.76. The van der Waals surface area contributed by atoms with E-state index in [1.54, 1.807) is 29.2 Å². The first kappa shape index (κ1) is 35.3. The van der Waals surface area contributed by atoms with Crippen molar-refractivity contribution in [3.05, 3.63) is 125 Å². The second-order valence-electron chi connectivity index (χ2n) is 15.3. The van der Waals surface area contributed by atoms with Crippen molar-refractivity contribution in [1.82, 2.24) is 24.3 Å². The highest BCUT2D eigenvalue weighted by Gasteiger charge is 2.36. The number of fused-ring (bicyclic) bond motifs is 4. The van der Waals surface area contributed by atoms with Gasteiger partial charge in [0, 0.05) is 98.6 Å². The zero-order chi connectivity index (χ0) is 38.6. The third-order valence-corrected chi connectivity index (χ3v) is 11.9. The molecule has 0 radical (unpaired) electrons. The van der Waals surface area contributed by atoms with Crippen LogP contribution in [0, 0.1) is 0 Å². The zero-order valence-electron chi connectivity index (χ0n) is 31.8. The quantitative estimate of drug-likeness (QED) is 0.202. The Labute approximate surface area is 330 Å². The largest absolute Gasteiger partial charge is 0.508 e. The number of nitrogens with one attached hydrogen (secondary N) is 1.